The van der Waals surface area contributed by atoms with Crippen LogP contribution in [0.5, 0.6) is 0 Å². The van der Waals surface area contributed by atoms with Gasteiger partial charge in [0.25, 0.3) is 10.0 Å². The van der Waals surface area contributed by atoms with Crippen LogP contribution in [-0.2, 0) is 32.3 Å². The van der Waals surface area contributed by atoms with Gasteiger partial charge in [0.1, 0.15) is 12.6 Å². The molecule has 3 aromatic carbocycles. The molecule has 3 rings (SSSR count). The molecule has 0 aromatic heterocycles. The van der Waals surface area contributed by atoms with E-state index in [2.05, 4.69) is 5.32 Å². The van der Waals surface area contributed by atoms with Gasteiger partial charge in [-0.2, -0.15) is 13.2 Å². The van der Waals surface area contributed by atoms with Gasteiger partial charge in [-0.25, -0.2) is 8.42 Å². The molecule has 1 atom stereocenters. The van der Waals surface area contributed by atoms with Crippen LogP contribution in [0.1, 0.15) is 43.4 Å². The molecule has 0 heterocycles. The van der Waals surface area contributed by atoms with Crippen molar-refractivity contribution in [3.63, 3.8) is 0 Å². The molecule has 0 saturated carbocycles. The van der Waals surface area contributed by atoms with E-state index in [0.717, 1.165) is 17.7 Å². The van der Waals surface area contributed by atoms with Crippen molar-refractivity contribution in [2.75, 3.05) is 17.4 Å². The summed E-state index contributed by atoms with van der Waals surface area (Å²) < 4.78 is 69.3. The Morgan fingerprint density at radius 3 is 2.26 bits per heavy atom. The predicted molar refractivity (Wildman–Crippen MR) is 157 cm³/mol. The van der Waals surface area contributed by atoms with E-state index in [0.29, 0.717) is 28.9 Å². The second kappa shape index (κ2) is 14.1. The molecule has 0 saturated heterocycles. The number of nitrogens with zero attached hydrogens (tertiary/aromatic N) is 2. The number of rotatable bonds is 12. The quantitative estimate of drug-likeness (QED) is 0.260. The number of benzene rings is 3. The first-order valence-electron chi connectivity index (χ1n) is 13.4. The van der Waals surface area contributed by atoms with Gasteiger partial charge in [0.2, 0.25) is 11.8 Å². The fraction of sp³-hybridized carbons (Fsp3) is 0.333. The first kappa shape index (κ1) is 32.9. The van der Waals surface area contributed by atoms with Crippen molar-refractivity contribution >= 4 is 39.1 Å². The molecule has 0 aliphatic heterocycles. The summed E-state index contributed by atoms with van der Waals surface area (Å²) in [6.07, 6.45) is -3.93. The highest BCUT2D eigenvalue weighted by Gasteiger charge is 2.36. The molecule has 0 aliphatic rings. The van der Waals surface area contributed by atoms with E-state index >= 15 is 0 Å². The maximum absolute atomic E-state index is 14.0. The average Bonchev–Trinajstić information content (AvgIpc) is 2.94. The van der Waals surface area contributed by atoms with Crippen molar-refractivity contribution in [2.45, 2.75) is 57.3 Å². The summed E-state index contributed by atoms with van der Waals surface area (Å²) in [4.78, 5) is 28.2. The molecule has 0 unspecified atom stereocenters. The van der Waals surface area contributed by atoms with Crippen molar-refractivity contribution in [3.05, 3.63) is 94.5 Å². The molecule has 1 N–H and O–H groups in total. The Bertz CT molecular complexity index is 1500. The Balaban J connectivity index is 2.15. The lowest BCUT2D eigenvalue weighted by molar-refractivity contribution is -0.140. The topological polar surface area (TPSA) is 86.8 Å². The largest absolute Gasteiger partial charge is 0.416 e. The van der Waals surface area contributed by atoms with E-state index in [9.17, 15) is 31.2 Å². The number of alkyl halides is 3. The molecule has 2 amide bonds. The number of hydrogen-bond acceptors (Lipinski definition) is 4. The van der Waals surface area contributed by atoms with E-state index in [4.69, 9.17) is 11.6 Å². The first-order chi connectivity index (χ1) is 19.8. The number of aryl methyl sites for hydroxylation is 1. The van der Waals surface area contributed by atoms with Crippen molar-refractivity contribution in [2.24, 2.45) is 0 Å². The van der Waals surface area contributed by atoms with Gasteiger partial charge >= 0.3 is 6.18 Å². The lowest BCUT2D eigenvalue weighted by atomic mass is 10.1. The summed E-state index contributed by atoms with van der Waals surface area (Å²) >= 11 is 6.28. The highest BCUT2D eigenvalue weighted by atomic mass is 35.5. The van der Waals surface area contributed by atoms with E-state index in [-0.39, 0.29) is 22.9 Å². The number of sulfonamides is 1. The molecule has 0 aliphatic carbocycles. The number of hydrogen-bond donors (Lipinski definition) is 1. The van der Waals surface area contributed by atoms with Crippen LogP contribution in [0.2, 0.25) is 5.02 Å². The summed E-state index contributed by atoms with van der Waals surface area (Å²) in [5.74, 6) is -1.21. The fourth-order valence-electron chi connectivity index (χ4n) is 4.41. The van der Waals surface area contributed by atoms with Crippen molar-refractivity contribution in [3.8, 4) is 0 Å². The summed E-state index contributed by atoms with van der Waals surface area (Å²) in [6, 6.07) is 15.6. The van der Waals surface area contributed by atoms with Crippen LogP contribution in [0.15, 0.2) is 77.7 Å². The molecule has 0 bridgehead atoms. The van der Waals surface area contributed by atoms with Gasteiger partial charge in [-0.15, -0.1) is 0 Å². The SMILES string of the molecule is CCCNC(=O)[C@@H](CC)N(Cc1cccc(C)c1)C(=O)CN(c1cc(C(F)(F)F)ccc1Cl)S(=O)(=O)c1ccccc1. The van der Waals surface area contributed by atoms with E-state index < -0.39 is 51.9 Å². The lowest BCUT2D eigenvalue weighted by Crippen LogP contribution is -2.52. The van der Waals surface area contributed by atoms with Crippen LogP contribution in [0.25, 0.3) is 0 Å². The zero-order valence-corrected chi connectivity index (χ0v) is 25.1. The molecule has 0 fully saturated rings. The number of carbonyl (C=O) groups excluding carboxylic acids is 2. The minimum absolute atomic E-state index is 0.0336. The highest BCUT2D eigenvalue weighted by Crippen LogP contribution is 2.37. The minimum atomic E-state index is -4.80. The van der Waals surface area contributed by atoms with E-state index in [1.54, 1.807) is 25.1 Å². The standard InChI is InChI=1S/C30H33ClF3N3O4S/c1-4-16-35-29(39)26(5-2)36(19-22-11-9-10-21(3)17-22)28(38)20-37(42(40,41)24-12-7-6-8-13-24)27-18-23(30(32,33)34)14-15-25(27)31/h6-15,17-18,26H,4-5,16,19-20H2,1-3H3,(H,35,39)/t26-/m1/s1. The third-order valence-corrected chi connectivity index (χ3v) is 8.62. The van der Waals surface area contributed by atoms with E-state index in [1.165, 1.54) is 29.2 Å². The zero-order valence-electron chi connectivity index (χ0n) is 23.5. The van der Waals surface area contributed by atoms with Crippen LogP contribution >= 0.6 is 11.6 Å². The van der Waals surface area contributed by atoms with Crippen LogP contribution in [-0.4, -0.2) is 44.3 Å². The summed E-state index contributed by atoms with van der Waals surface area (Å²) in [5.41, 5.74) is -0.0423. The summed E-state index contributed by atoms with van der Waals surface area (Å²) in [7, 11) is -4.58. The second-order valence-corrected chi connectivity index (χ2v) is 12.0. The molecule has 12 heteroatoms. The second-order valence-electron chi connectivity index (χ2n) is 9.71. The molecule has 42 heavy (non-hydrogen) atoms. The number of amides is 2. The average molecular weight is 624 g/mol. The number of carbonyl (C=O) groups is 2. The molecular formula is C30H33ClF3N3O4S. The maximum atomic E-state index is 14.0. The monoisotopic (exact) mass is 623 g/mol. The van der Waals surface area contributed by atoms with Gasteiger partial charge < -0.3 is 10.2 Å². The van der Waals surface area contributed by atoms with Crippen LogP contribution < -0.4 is 9.62 Å². The Labute approximate surface area is 249 Å². The lowest BCUT2D eigenvalue weighted by Gasteiger charge is -2.33. The Morgan fingerprint density at radius 1 is 0.976 bits per heavy atom. The van der Waals surface area contributed by atoms with E-state index in [1.807, 2.05) is 26.0 Å². The van der Waals surface area contributed by atoms with Gasteiger partial charge in [0.05, 0.1) is 21.2 Å². The molecule has 0 radical (unpaired) electrons. The molecule has 3 aromatic rings. The van der Waals surface area contributed by atoms with Crippen molar-refractivity contribution in [1.82, 2.24) is 10.2 Å². The van der Waals surface area contributed by atoms with Gasteiger partial charge in [-0.3, -0.25) is 13.9 Å². The maximum Gasteiger partial charge on any atom is 0.416 e. The predicted octanol–water partition coefficient (Wildman–Crippen LogP) is 6.20. The van der Waals surface area contributed by atoms with Crippen LogP contribution in [0.4, 0.5) is 18.9 Å². The zero-order chi connectivity index (χ0) is 31.1. The van der Waals surface area contributed by atoms with Gasteiger partial charge in [0, 0.05) is 13.1 Å². The Kier molecular flexibility index (Phi) is 11.0. The number of nitrogens with one attached hydrogen (secondary N) is 1. The number of anilines is 1. The molecular weight excluding hydrogens is 591 g/mol. The first-order valence-corrected chi connectivity index (χ1v) is 15.2. The third kappa shape index (κ3) is 8.04. The minimum Gasteiger partial charge on any atom is -0.354 e. The third-order valence-electron chi connectivity index (χ3n) is 6.52. The highest BCUT2D eigenvalue weighted by molar-refractivity contribution is 7.92. The van der Waals surface area contributed by atoms with Crippen LogP contribution in [0.3, 0.4) is 0 Å². The summed E-state index contributed by atoms with van der Waals surface area (Å²) in [5, 5.41) is 2.48. The fourth-order valence-corrected chi connectivity index (χ4v) is 6.12. The Hall–Kier alpha value is -3.57. The molecule has 7 nitrogen and oxygen atoms in total. The molecule has 226 valence electrons. The van der Waals surface area contributed by atoms with Gasteiger partial charge in [0.15, 0.2) is 0 Å². The Morgan fingerprint density at radius 2 is 1.67 bits per heavy atom. The van der Waals surface area contributed by atoms with Crippen LogP contribution in [0, 0.1) is 6.92 Å². The summed E-state index contributed by atoms with van der Waals surface area (Å²) in [6.45, 7) is 4.90. The molecule has 0 spiro atoms. The van der Waals surface area contributed by atoms with Crippen molar-refractivity contribution < 1.29 is 31.2 Å². The number of halogens is 4. The van der Waals surface area contributed by atoms with Crippen molar-refractivity contribution in [1.29, 1.82) is 0 Å². The van der Waals surface area contributed by atoms with Gasteiger partial charge in [-0.05, 0) is 55.7 Å². The normalized spacial score (nSPS) is 12.5. The smallest absolute Gasteiger partial charge is 0.354 e. The van der Waals surface area contributed by atoms with Gasteiger partial charge in [-0.1, -0.05) is 73.5 Å².